The molecule has 2 aromatic rings. The van der Waals surface area contributed by atoms with Gasteiger partial charge in [-0.05, 0) is 81.1 Å². The summed E-state index contributed by atoms with van der Waals surface area (Å²) in [6, 6.07) is 15.0. The summed E-state index contributed by atoms with van der Waals surface area (Å²) < 4.78 is 19.0. The molecule has 0 bridgehead atoms. The molecule has 0 radical (unpaired) electrons. The average molecular weight is 371 g/mol. The van der Waals surface area contributed by atoms with Gasteiger partial charge in [0, 0.05) is 12.5 Å². The summed E-state index contributed by atoms with van der Waals surface area (Å²) in [5.74, 6) is 1.04. The summed E-state index contributed by atoms with van der Waals surface area (Å²) in [7, 11) is 5.76. The third kappa shape index (κ3) is 4.88. The summed E-state index contributed by atoms with van der Waals surface area (Å²) in [4.78, 5) is 2.17. The van der Waals surface area contributed by atoms with Crippen molar-refractivity contribution in [1.82, 2.24) is 4.90 Å². The molecule has 1 fully saturated rings. The Bertz CT molecular complexity index is 754. The van der Waals surface area contributed by atoms with Gasteiger partial charge in [0.1, 0.15) is 11.6 Å². The molecule has 3 nitrogen and oxygen atoms in total. The van der Waals surface area contributed by atoms with E-state index in [1.54, 1.807) is 19.2 Å². The van der Waals surface area contributed by atoms with Crippen molar-refractivity contribution < 1.29 is 14.2 Å². The lowest BCUT2D eigenvalue weighted by Gasteiger charge is -2.41. The zero-order chi connectivity index (χ0) is 19.4. The van der Waals surface area contributed by atoms with Gasteiger partial charge in [0.05, 0.1) is 12.7 Å². The number of benzene rings is 2. The van der Waals surface area contributed by atoms with Gasteiger partial charge in [-0.25, -0.2) is 4.39 Å². The maximum Gasteiger partial charge on any atom is 0.123 e. The SMILES string of the molecule is COc1cccc(CC2(O)CCC(C(c3cccc(F)c3)N(C)C)CC2)c1. The smallest absolute Gasteiger partial charge is 0.123 e. The Labute approximate surface area is 161 Å². The van der Waals surface area contributed by atoms with E-state index in [-0.39, 0.29) is 11.9 Å². The number of aliphatic hydroxyl groups is 1. The van der Waals surface area contributed by atoms with E-state index in [0.717, 1.165) is 42.6 Å². The molecule has 0 spiro atoms. The van der Waals surface area contributed by atoms with Crippen LogP contribution in [-0.4, -0.2) is 36.8 Å². The van der Waals surface area contributed by atoms with Crippen molar-refractivity contribution in [2.75, 3.05) is 21.2 Å². The van der Waals surface area contributed by atoms with Gasteiger partial charge in [-0.1, -0.05) is 24.3 Å². The fraction of sp³-hybridized carbons (Fsp3) is 0.478. The lowest BCUT2D eigenvalue weighted by molar-refractivity contribution is -0.0202. The van der Waals surface area contributed by atoms with E-state index in [1.165, 1.54) is 6.07 Å². The van der Waals surface area contributed by atoms with Crippen molar-refractivity contribution in [1.29, 1.82) is 0 Å². The van der Waals surface area contributed by atoms with Crippen molar-refractivity contribution in [3.8, 4) is 5.75 Å². The van der Waals surface area contributed by atoms with Gasteiger partial charge in [0.2, 0.25) is 0 Å². The summed E-state index contributed by atoms with van der Waals surface area (Å²) in [5, 5.41) is 11.1. The standard InChI is InChI=1S/C23H30FNO2/c1-25(2)22(19-7-5-8-20(24)15-19)18-10-12-23(26,13-11-18)16-17-6-4-9-21(14-17)27-3/h4-9,14-15,18,22,26H,10-13,16H2,1-3H3. The molecule has 1 N–H and O–H groups in total. The Hall–Kier alpha value is -1.91. The molecule has 1 aliphatic carbocycles. The van der Waals surface area contributed by atoms with Crippen LogP contribution in [0.4, 0.5) is 4.39 Å². The van der Waals surface area contributed by atoms with Crippen LogP contribution in [0.1, 0.15) is 42.9 Å². The zero-order valence-corrected chi connectivity index (χ0v) is 16.5. The molecular weight excluding hydrogens is 341 g/mol. The Morgan fingerprint density at radius 2 is 1.85 bits per heavy atom. The van der Waals surface area contributed by atoms with Crippen molar-refractivity contribution in [2.24, 2.45) is 5.92 Å². The van der Waals surface area contributed by atoms with Crippen LogP contribution in [0.5, 0.6) is 5.75 Å². The Morgan fingerprint density at radius 3 is 2.48 bits per heavy atom. The third-order valence-electron chi connectivity index (χ3n) is 5.82. The predicted molar refractivity (Wildman–Crippen MR) is 106 cm³/mol. The second kappa shape index (κ2) is 8.41. The molecule has 4 heteroatoms. The van der Waals surface area contributed by atoms with Crippen molar-refractivity contribution in [2.45, 2.75) is 43.7 Å². The first kappa shape index (κ1) is 19.8. The highest BCUT2D eigenvalue weighted by Gasteiger charge is 2.37. The van der Waals surface area contributed by atoms with E-state index in [0.29, 0.717) is 12.3 Å². The van der Waals surface area contributed by atoms with Crippen molar-refractivity contribution >= 4 is 0 Å². The maximum atomic E-state index is 13.7. The second-order valence-corrected chi connectivity index (χ2v) is 8.05. The number of ether oxygens (including phenoxy) is 1. The molecule has 1 atom stereocenters. The van der Waals surface area contributed by atoms with Crippen LogP contribution in [0, 0.1) is 11.7 Å². The van der Waals surface area contributed by atoms with Gasteiger partial charge in [-0.3, -0.25) is 0 Å². The van der Waals surface area contributed by atoms with Gasteiger partial charge in [0.15, 0.2) is 0 Å². The van der Waals surface area contributed by atoms with Crippen LogP contribution in [0.25, 0.3) is 0 Å². The largest absolute Gasteiger partial charge is 0.497 e. The van der Waals surface area contributed by atoms with Crippen LogP contribution in [0.3, 0.4) is 0 Å². The average Bonchev–Trinajstić information content (AvgIpc) is 2.63. The van der Waals surface area contributed by atoms with Gasteiger partial charge in [-0.15, -0.1) is 0 Å². The molecule has 0 aromatic heterocycles. The monoisotopic (exact) mass is 371 g/mol. The fourth-order valence-corrected chi connectivity index (χ4v) is 4.51. The topological polar surface area (TPSA) is 32.7 Å². The molecular formula is C23H30FNO2. The minimum atomic E-state index is -0.679. The first-order valence-electron chi connectivity index (χ1n) is 9.67. The number of hydrogen-bond donors (Lipinski definition) is 1. The molecule has 0 saturated heterocycles. The van der Waals surface area contributed by atoms with Crippen LogP contribution in [0.2, 0.25) is 0 Å². The lowest BCUT2D eigenvalue weighted by atomic mass is 9.72. The van der Waals surface area contributed by atoms with E-state index in [4.69, 9.17) is 4.74 Å². The summed E-state index contributed by atoms with van der Waals surface area (Å²) >= 11 is 0. The molecule has 1 unspecified atom stereocenters. The minimum absolute atomic E-state index is 0.169. The quantitative estimate of drug-likeness (QED) is 0.805. The summed E-state index contributed by atoms with van der Waals surface area (Å²) in [6.07, 6.45) is 4.02. The summed E-state index contributed by atoms with van der Waals surface area (Å²) in [6.45, 7) is 0. The second-order valence-electron chi connectivity index (χ2n) is 8.05. The molecule has 146 valence electrons. The number of nitrogens with zero attached hydrogens (tertiary/aromatic N) is 1. The van der Waals surface area contributed by atoms with Crippen LogP contribution >= 0.6 is 0 Å². The number of rotatable bonds is 6. The third-order valence-corrected chi connectivity index (χ3v) is 5.82. The van der Waals surface area contributed by atoms with Crippen molar-refractivity contribution in [3.05, 3.63) is 65.5 Å². The van der Waals surface area contributed by atoms with Gasteiger partial charge < -0.3 is 14.7 Å². The van der Waals surface area contributed by atoms with Crippen molar-refractivity contribution in [3.63, 3.8) is 0 Å². The highest BCUT2D eigenvalue weighted by atomic mass is 19.1. The van der Waals surface area contributed by atoms with Crippen LogP contribution < -0.4 is 4.74 Å². The highest BCUT2D eigenvalue weighted by molar-refractivity contribution is 5.29. The van der Waals surface area contributed by atoms with E-state index in [1.807, 2.05) is 44.4 Å². The number of hydrogen-bond acceptors (Lipinski definition) is 3. The minimum Gasteiger partial charge on any atom is -0.497 e. The van der Waals surface area contributed by atoms with E-state index >= 15 is 0 Å². The van der Waals surface area contributed by atoms with Crippen LogP contribution in [0.15, 0.2) is 48.5 Å². The molecule has 0 heterocycles. The maximum absolute atomic E-state index is 13.7. The van der Waals surface area contributed by atoms with E-state index < -0.39 is 5.60 Å². The molecule has 1 aliphatic rings. The predicted octanol–water partition coefficient (Wildman–Crippen LogP) is 4.60. The molecule has 0 amide bonds. The Kier molecular flexibility index (Phi) is 6.18. The molecule has 3 rings (SSSR count). The first-order valence-corrected chi connectivity index (χ1v) is 9.67. The van der Waals surface area contributed by atoms with Gasteiger partial charge in [0.25, 0.3) is 0 Å². The zero-order valence-electron chi connectivity index (χ0n) is 16.5. The Morgan fingerprint density at radius 1 is 1.15 bits per heavy atom. The first-order chi connectivity index (χ1) is 12.9. The fourth-order valence-electron chi connectivity index (χ4n) is 4.51. The highest BCUT2D eigenvalue weighted by Crippen LogP contribution is 2.42. The number of methoxy groups -OCH3 is 1. The van der Waals surface area contributed by atoms with E-state index in [9.17, 15) is 9.50 Å². The lowest BCUT2D eigenvalue weighted by Crippen LogP contribution is -2.39. The summed E-state index contributed by atoms with van der Waals surface area (Å²) in [5.41, 5.74) is 1.44. The normalized spacial score (nSPS) is 24.0. The molecule has 2 aromatic carbocycles. The van der Waals surface area contributed by atoms with E-state index in [2.05, 4.69) is 4.90 Å². The van der Waals surface area contributed by atoms with Gasteiger partial charge in [-0.2, -0.15) is 0 Å². The molecule has 0 aliphatic heterocycles. The van der Waals surface area contributed by atoms with Gasteiger partial charge >= 0.3 is 0 Å². The Balaban J connectivity index is 1.69. The number of halogens is 1. The molecule has 1 saturated carbocycles. The van der Waals surface area contributed by atoms with Crippen LogP contribution in [-0.2, 0) is 6.42 Å². The molecule has 27 heavy (non-hydrogen) atoms.